The van der Waals surface area contributed by atoms with Crippen molar-refractivity contribution < 1.29 is 13.6 Å². The van der Waals surface area contributed by atoms with E-state index in [2.05, 4.69) is 21.2 Å². The average molecular weight is 306 g/mol. The Balaban J connectivity index is 2.94. The highest BCUT2D eigenvalue weighted by atomic mass is 79.9. The Labute approximate surface area is 108 Å². The average Bonchev–Trinajstić information content (AvgIpc) is 2.20. The van der Waals surface area contributed by atoms with Crippen LogP contribution in [0.3, 0.4) is 0 Å². The summed E-state index contributed by atoms with van der Waals surface area (Å²) in [6.45, 7) is 5.45. The minimum absolute atomic E-state index is 0.00410. The van der Waals surface area contributed by atoms with Crippen molar-refractivity contribution in [2.75, 3.05) is 0 Å². The summed E-state index contributed by atoms with van der Waals surface area (Å²) >= 11 is 3.35. The molecule has 0 aliphatic carbocycles. The van der Waals surface area contributed by atoms with Gasteiger partial charge in [-0.25, -0.2) is 8.78 Å². The second-order valence-electron chi connectivity index (χ2n) is 4.42. The van der Waals surface area contributed by atoms with Crippen LogP contribution in [-0.4, -0.2) is 16.3 Å². The van der Waals surface area contributed by atoms with Gasteiger partial charge in [-0.15, -0.1) is 0 Å². The van der Waals surface area contributed by atoms with Crippen molar-refractivity contribution in [2.24, 2.45) is 0 Å². The van der Waals surface area contributed by atoms with Crippen LogP contribution < -0.4 is 5.32 Å². The van der Waals surface area contributed by atoms with Gasteiger partial charge in [0.2, 0.25) is 0 Å². The number of amides is 1. The van der Waals surface area contributed by atoms with E-state index < -0.39 is 23.1 Å². The molecule has 0 saturated heterocycles. The smallest absolute Gasteiger partial charge is 0.254 e. The number of halogens is 3. The number of benzene rings is 1. The van der Waals surface area contributed by atoms with Gasteiger partial charge in [-0.3, -0.25) is 4.79 Å². The Kier molecular flexibility index (Phi) is 4.25. The third-order valence-corrected chi connectivity index (χ3v) is 3.75. The minimum atomic E-state index is -0.734. The second-order valence-corrected chi connectivity index (χ2v) is 5.79. The van der Waals surface area contributed by atoms with Crippen molar-refractivity contribution in [3.05, 3.63) is 35.4 Å². The first-order valence-corrected chi connectivity index (χ1v) is 6.07. The van der Waals surface area contributed by atoms with Crippen LogP contribution in [-0.2, 0) is 0 Å². The van der Waals surface area contributed by atoms with Gasteiger partial charge in [0.15, 0.2) is 0 Å². The molecule has 0 aliphatic rings. The maximum absolute atomic E-state index is 13.4. The number of alkyl halides is 1. The largest absolute Gasteiger partial charge is 0.346 e. The van der Waals surface area contributed by atoms with Gasteiger partial charge >= 0.3 is 0 Å². The van der Waals surface area contributed by atoms with Crippen molar-refractivity contribution in [3.63, 3.8) is 0 Å². The summed E-state index contributed by atoms with van der Waals surface area (Å²) < 4.78 is 26.3. The van der Waals surface area contributed by atoms with E-state index in [-0.39, 0.29) is 10.4 Å². The minimum Gasteiger partial charge on any atom is -0.346 e. The van der Waals surface area contributed by atoms with Crippen molar-refractivity contribution in [3.8, 4) is 0 Å². The third kappa shape index (κ3) is 3.49. The van der Waals surface area contributed by atoms with Crippen LogP contribution in [0.15, 0.2) is 18.2 Å². The molecule has 0 spiro atoms. The molecule has 1 N–H and O–H groups in total. The van der Waals surface area contributed by atoms with Crippen LogP contribution >= 0.6 is 15.9 Å². The summed E-state index contributed by atoms with van der Waals surface area (Å²) in [5.74, 6) is -2.00. The summed E-state index contributed by atoms with van der Waals surface area (Å²) in [5, 5.41) is 2.65. The highest BCUT2D eigenvalue weighted by Crippen LogP contribution is 2.18. The maximum Gasteiger partial charge on any atom is 0.254 e. The van der Waals surface area contributed by atoms with Gasteiger partial charge in [-0.05, 0) is 32.0 Å². The van der Waals surface area contributed by atoms with Crippen LogP contribution in [0.2, 0.25) is 0 Å². The molecule has 2 nitrogen and oxygen atoms in total. The van der Waals surface area contributed by atoms with E-state index in [0.29, 0.717) is 0 Å². The molecular weight excluding hydrogens is 292 g/mol. The second kappa shape index (κ2) is 5.12. The molecule has 0 heterocycles. The standard InChI is InChI=1S/C12H14BrF2NO/c1-7(13)12(2,3)16-11(17)9-6-8(14)4-5-10(9)15/h4-7H,1-3H3,(H,16,17). The Morgan fingerprint density at radius 2 is 2.00 bits per heavy atom. The van der Waals surface area contributed by atoms with Gasteiger partial charge in [-0.2, -0.15) is 0 Å². The SMILES string of the molecule is CC(Br)C(C)(C)NC(=O)c1cc(F)ccc1F. The zero-order valence-electron chi connectivity index (χ0n) is 9.85. The van der Waals surface area contributed by atoms with E-state index in [1.165, 1.54) is 0 Å². The van der Waals surface area contributed by atoms with Crippen LogP contribution in [0.1, 0.15) is 31.1 Å². The third-order valence-electron chi connectivity index (χ3n) is 2.60. The van der Waals surface area contributed by atoms with E-state index in [0.717, 1.165) is 18.2 Å². The molecular formula is C12H14BrF2NO. The molecule has 17 heavy (non-hydrogen) atoms. The van der Waals surface area contributed by atoms with E-state index in [9.17, 15) is 13.6 Å². The number of nitrogens with one attached hydrogen (secondary N) is 1. The van der Waals surface area contributed by atoms with E-state index in [1.54, 1.807) is 13.8 Å². The molecule has 0 fully saturated rings. The number of hydrogen-bond acceptors (Lipinski definition) is 1. The molecule has 0 bridgehead atoms. The van der Waals surface area contributed by atoms with Crippen LogP contribution in [0.5, 0.6) is 0 Å². The monoisotopic (exact) mass is 305 g/mol. The normalized spacial score (nSPS) is 13.3. The van der Waals surface area contributed by atoms with Crippen molar-refractivity contribution in [2.45, 2.75) is 31.1 Å². The van der Waals surface area contributed by atoms with Gasteiger partial charge < -0.3 is 5.32 Å². The van der Waals surface area contributed by atoms with Crippen molar-refractivity contribution in [1.82, 2.24) is 5.32 Å². The number of carbonyl (C=O) groups excluding carboxylic acids is 1. The Hall–Kier alpha value is -0.970. The van der Waals surface area contributed by atoms with Crippen molar-refractivity contribution in [1.29, 1.82) is 0 Å². The molecule has 1 aromatic rings. The lowest BCUT2D eigenvalue weighted by Crippen LogP contribution is -2.49. The topological polar surface area (TPSA) is 29.1 Å². The van der Waals surface area contributed by atoms with Gasteiger partial charge in [0.25, 0.3) is 5.91 Å². The van der Waals surface area contributed by atoms with Gasteiger partial charge in [0.05, 0.1) is 5.56 Å². The molecule has 94 valence electrons. The molecule has 5 heteroatoms. The fourth-order valence-electron chi connectivity index (χ4n) is 1.13. The summed E-state index contributed by atoms with van der Waals surface area (Å²) in [6, 6.07) is 2.80. The summed E-state index contributed by atoms with van der Waals surface area (Å²) in [4.78, 5) is 11.8. The lowest BCUT2D eigenvalue weighted by Gasteiger charge is -2.29. The lowest BCUT2D eigenvalue weighted by atomic mass is 10.0. The van der Waals surface area contributed by atoms with Gasteiger partial charge in [-0.1, -0.05) is 22.9 Å². The summed E-state index contributed by atoms with van der Waals surface area (Å²) in [7, 11) is 0. The van der Waals surface area contributed by atoms with Crippen LogP contribution in [0, 0.1) is 11.6 Å². The Morgan fingerprint density at radius 1 is 1.41 bits per heavy atom. The zero-order valence-corrected chi connectivity index (χ0v) is 11.4. The predicted molar refractivity (Wildman–Crippen MR) is 66.3 cm³/mol. The molecule has 1 aromatic carbocycles. The summed E-state index contributed by atoms with van der Waals surface area (Å²) in [6.07, 6.45) is 0. The Morgan fingerprint density at radius 3 is 2.53 bits per heavy atom. The molecule has 1 amide bonds. The predicted octanol–water partition coefficient (Wildman–Crippen LogP) is 3.26. The number of carbonyl (C=O) groups is 1. The zero-order chi connectivity index (χ0) is 13.2. The first-order valence-electron chi connectivity index (χ1n) is 5.15. The maximum atomic E-state index is 13.4. The highest BCUT2D eigenvalue weighted by molar-refractivity contribution is 9.09. The fraction of sp³-hybridized carbons (Fsp3) is 0.417. The number of hydrogen-bond donors (Lipinski definition) is 1. The molecule has 0 saturated carbocycles. The first kappa shape index (κ1) is 14.1. The summed E-state index contributed by atoms with van der Waals surface area (Å²) in [5.41, 5.74) is -0.846. The van der Waals surface area contributed by atoms with E-state index in [4.69, 9.17) is 0 Å². The molecule has 1 rings (SSSR count). The Bertz CT molecular complexity index is 433. The van der Waals surface area contributed by atoms with E-state index in [1.807, 2.05) is 6.92 Å². The number of rotatable bonds is 3. The quantitative estimate of drug-likeness (QED) is 0.853. The first-order chi connectivity index (χ1) is 7.74. The van der Waals surface area contributed by atoms with Gasteiger partial charge in [0, 0.05) is 10.4 Å². The van der Waals surface area contributed by atoms with Crippen molar-refractivity contribution >= 4 is 21.8 Å². The van der Waals surface area contributed by atoms with E-state index >= 15 is 0 Å². The molecule has 0 radical (unpaired) electrons. The fourth-order valence-corrected chi connectivity index (χ4v) is 1.25. The lowest BCUT2D eigenvalue weighted by molar-refractivity contribution is 0.0909. The molecule has 0 aromatic heterocycles. The molecule has 1 atom stereocenters. The molecule has 1 unspecified atom stereocenters. The highest BCUT2D eigenvalue weighted by Gasteiger charge is 2.27. The van der Waals surface area contributed by atoms with Crippen LogP contribution in [0.4, 0.5) is 8.78 Å². The van der Waals surface area contributed by atoms with Gasteiger partial charge in [0.1, 0.15) is 11.6 Å². The molecule has 0 aliphatic heterocycles. The van der Waals surface area contributed by atoms with Crippen LogP contribution in [0.25, 0.3) is 0 Å².